The zero-order valence-electron chi connectivity index (χ0n) is 29.6. The number of ketones is 1. The number of esters is 2. The summed E-state index contributed by atoms with van der Waals surface area (Å²) in [4.78, 5) is 51.0. The molecule has 3 aromatic rings. The number of fused-ring (bicyclic) bond motifs is 8. The molecule has 1 aliphatic carbocycles. The highest BCUT2D eigenvalue weighted by molar-refractivity contribution is 6.20. The molecule has 0 unspecified atom stereocenters. The Morgan fingerprint density at radius 3 is 2.42 bits per heavy atom. The lowest BCUT2D eigenvalue weighted by atomic mass is 9.89. The van der Waals surface area contributed by atoms with Crippen molar-refractivity contribution in [2.75, 3.05) is 13.7 Å². The van der Waals surface area contributed by atoms with Crippen molar-refractivity contribution in [1.29, 1.82) is 0 Å². The first-order chi connectivity index (χ1) is 23.9. The van der Waals surface area contributed by atoms with Crippen LogP contribution in [-0.4, -0.2) is 51.5 Å². The predicted octanol–water partition coefficient (Wildman–Crippen LogP) is 3.72. The number of Topliss-reactive ketones (excluding diaryl/α,β-unsaturated/α-hetero) is 1. The number of hydrogen-bond donors (Lipinski definition) is 5. The number of carbonyl (C=O) groups excluding carboxylic acids is 3. The molecular formula is C40H44N4O6. The highest BCUT2D eigenvalue weighted by Gasteiger charge is 2.45. The van der Waals surface area contributed by atoms with E-state index in [1.165, 1.54) is 7.11 Å². The van der Waals surface area contributed by atoms with Crippen LogP contribution in [0.2, 0.25) is 0 Å². The number of aliphatic hydroxyl groups excluding tert-OH is 1. The number of methoxy groups -OCH3 is 1. The molecule has 0 saturated heterocycles. The van der Waals surface area contributed by atoms with Gasteiger partial charge >= 0.3 is 11.9 Å². The third-order valence-corrected chi connectivity index (χ3v) is 10.1. The summed E-state index contributed by atoms with van der Waals surface area (Å²) < 4.78 is 10.7. The molecule has 0 amide bonds. The number of carbonyl (C=O) groups is 3. The topological polar surface area (TPSA) is 149 Å². The summed E-state index contributed by atoms with van der Waals surface area (Å²) in [6.45, 7) is 16.1. The van der Waals surface area contributed by atoms with Crippen LogP contribution in [-0.2, 0) is 25.5 Å². The Morgan fingerprint density at radius 2 is 1.76 bits per heavy atom. The summed E-state index contributed by atoms with van der Waals surface area (Å²) in [5, 5.41) is 16.6. The fourth-order valence-electron chi connectivity index (χ4n) is 7.37. The average molecular weight is 677 g/mol. The van der Waals surface area contributed by atoms with Gasteiger partial charge in [0.15, 0.2) is 5.78 Å². The van der Waals surface area contributed by atoms with Gasteiger partial charge in [0.25, 0.3) is 0 Å². The molecule has 2 atom stereocenters. The van der Waals surface area contributed by atoms with Crippen molar-refractivity contribution in [3.8, 4) is 0 Å². The number of aromatic nitrogens is 3. The summed E-state index contributed by atoms with van der Waals surface area (Å²) >= 11 is 0. The van der Waals surface area contributed by atoms with Gasteiger partial charge in [-0.05, 0) is 87.1 Å². The minimum Gasteiger partial charge on any atom is -0.515 e. The number of aromatic amines is 3. The van der Waals surface area contributed by atoms with Crippen LogP contribution >= 0.6 is 0 Å². The van der Waals surface area contributed by atoms with Gasteiger partial charge in [0, 0.05) is 68.1 Å². The summed E-state index contributed by atoms with van der Waals surface area (Å²) in [7, 11) is 1.28. The third-order valence-electron chi connectivity index (χ3n) is 10.1. The van der Waals surface area contributed by atoms with Gasteiger partial charge in [-0.15, -0.1) is 0 Å². The van der Waals surface area contributed by atoms with E-state index in [1.807, 2.05) is 65.8 Å². The standard InChI is InChI=1S/C40H44N4O6/c1-9-23-20(5)27-15-28-21(6)25(11-12-33(46)50-14-13-19(3)4)37(43-28)35-36(40(48)49-8)39(47)34-22(7)29(44-38(34)35)16-31-24(10-2)26(18-45)32(42-31)17-30(23)41-27/h9,13,15-18,21,36,41-45H,1,10-12,14H2,2-8H3/b26-18-,28-15-,29-16-,32-17-/t21-,36+/m0/s1. The van der Waals surface area contributed by atoms with Crippen molar-refractivity contribution in [3.05, 3.63) is 101 Å². The van der Waals surface area contributed by atoms with Crippen LogP contribution in [0.25, 0.3) is 36.1 Å². The number of ether oxygens (including phenoxy) is 2. The normalized spacial score (nSPS) is 20.4. The number of hydrogen-bond acceptors (Lipinski definition) is 7. The molecule has 50 heavy (non-hydrogen) atoms. The summed E-state index contributed by atoms with van der Waals surface area (Å²) in [5.41, 5.74) is 10.2. The van der Waals surface area contributed by atoms with Crippen molar-refractivity contribution >= 4 is 53.9 Å². The van der Waals surface area contributed by atoms with Crippen LogP contribution < -0.4 is 26.6 Å². The van der Waals surface area contributed by atoms with E-state index in [0.717, 1.165) is 56.9 Å². The van der Waals surface area contributed by atoms with Gasteiger partial charge in [-0.25, -0.2) is 0 Å². The molecule has 0 aromatic carbocycles. The molecule has 260 valence electrons. The van der Waals surface area contributed by atoms with E-state index in [1.54, 1.807) is 6.08 Å². The third kappa shape index (κ3) is 5.68. The van der Waals surface area contributed by atoms with Crippen LogP contribution in [0.4, 0.5) is 0 Å². The highest BCUT2D eigenvalue weighted by atomic mass is 16.5. The van der Waals surface area contributed by atoms with Crippen LogP contribution in [0.5, 0.6) is 0 Å². The fraction of sp³-hybridized carbons (Fsp3) is 0.325. The molecule has 3 aromatic heterocycles. The maximum absolute atomic E-state index is 14.2. The maximum atomic E-state index is 14.2. The van der Waals surface area contributed by atoms with E-state index in [4.69, 9.17) is 9.47 Å². The van der Waals surface area contributed by atoms with Crippen molar-refractivity contribution in [1.82, 2.24) is 20.3 Å². The van der Waals surface area contributed by atoms with Gasteiger partial charge < -0.3 is 34.8 Å². The molecule has 10 heteroatoms. The Bertz CT molecular complexity index is 2320. The quantitative estimate of drug-likeness (QED) is 0.139. The van der Waals surface area contributed by atoms with Crippen LogP contribution in [0, 0.1) is 25.7 Å². The number of H-pyrrole nitrogens is 3. The number of rotatable bonds is 8. The summed E-state index contributed by atoms with van der Waals surface area (Å²) in [6.07, 6.45) is 11.8. The van der Waals surface area contributed by atoms with Crippen molar-refractivity contribution in [2.24, 2.45) is 11.8 Å². The van der Waals surface area contributed by atoms with Gasteiger partial charge in [0.1, 0.15) is 12.5 Å². The molecule has 5 N–H and O–H groups in total. The van der Waals surface area contributed by atoms with Gasteiger partial charge in [-0.2, -0.15) is 0 Å². The Morgan fingerprint density at radius 1 is 1.02 bits per heavy atom. The lowest BCUT2D eigenvalue weighted by Crippen LogP contribution is -2.28. The highest BCUT2D eigenvalue weighted by Crippen LogP contribution is 2.41. The number of allylic oxidation sites excluding steroid dienone is 3. The molecule has 8 bridgehead atoms. The zero-order valence-corrected chi connectivity index (χ0v) is 29.6. The molecule has 10 nitrogen and oxygen atoms in total. The Labute approximate surface area is 290 Å². The van der Waals surface area contributed by atoms with Gasteiger partial charge in [-0.1, -0.05) is 32.1 Å². The predicted molar refractivity (Wildman–Crippen MR) is 194 cm³/mol. The zero-order chi connectivity index (χ0) is 36.0. The molecule has 6 rings (SSSR count). The van der Waals surface area contributed by atoms with E-state index in [-0.39, 0.29) is 30.7 Å². The lowest BCUT2D eigenvalue weighted by Gasteiger charge is -2.16. The lowest BCUT2D eigenvalue weighted by molar-refractivity contribution is -0.143. The Balaban J connectivity index is 1.67. The maximum Gasteiger partial charge on any atom is 0.321 e. The van der Waals surface area contributed by atoms with E-state index in [2.05, 4.69) is 26.8 Å². The molecular weight excluding hydrogens is 632 g/mol. The molecule has 0 fully saturated rings. The smallest absolute Gasteiger partial charge is 0.321 e. The van der Waals surface area contributed by atoms with Crippen molar-refractivity contribution in [3.63, 3.8) is 0 Å². The van der Waals surface area contributed by atoms with Gasteiger partial charge in [0.2, 0.25) is 0 Å². The van der Waals surface area contributed by atoms with Gasteiger partial charge in [-0.3, -0.25) is 14.4 Å². The fourth-order valence-corrected chi connectivity index (χ4v) is 7.37. The first kappa shape index (κ1) is 34.4. The Kier molecular flexibility index (Phi) is 9.22. The molecule has 3 aliphatic rings. The van der Waals surface area contributed by atoms with Gasteiger partial charge in [0.05, 0.1) is 24.1 Å². The van der Waals surface area contributed by atoms with E-state index >= 15 is 0 Å². The minimum atomic E-state index is -1.19. The number of aliphatic hydroxyl groups is 1. The Hall–Kier alpha value is -5.51. The van der Waals surface area contributed by atoms with E-state index in [0.29, 0.717) is 56.5 Å². The number of nitrogens with one attached hydrogen (secondary N) is 4. The van der Waals surface area contributed by atoms with Crippen LogP contribution in [0.15, 0.2) is 35.2 Å². The second-order valence-corrected chi connectivity index (χ2v) is 13.3. The van der Waals surface area contributed by atoms with Crippen LogP contribution in [0.3, 0.4) is 0 Å². The van der Waals surface area contributed by atoms with Crippen molar-refractivity contribution in [2.45, 2.75) is 60.8 Å². The molecule has 0 radical (unpaired) electrons. The van der Waals surface area contributed by atoms with Crippen molar-refractivity contribution < 1.29 is 29.0 Å². The second-order valence-electron chi connectivity index (χ2n) is 13.3. The molecule has 0 spiro atoms. The van der Waals surface area contributed by atoms with E-state index in [9.17, 15) is 19.5 Å². The molecule has 0 saturated carbocycles. The summed E-state index contributed by atoms with van der Waals surface area (Å²) in [5.74, 6) is -2.74. The first-order valence-corrected chi connectivity index (χ1v) is 16.9. The summed E-state index contributed by atoms with van der Waals surface area (Å²) in [6, 6.07) is 0. The largest absolute Gasteiger partial charge is 0.515 e. The second kappa shape index (κ2) is 13.4. The van der Waals surface area contributed by atoms with E-state index < -0.39 is 11.9 Å². The molecule has 5 heterocycles. The average Bonchev–Trinajstić information content (AvgIpc) is 3.83. The first-order valence-electron chi connectivity index (χ1n) is 16.9. The monoisotopic (exact) mass is 676 g/mol. The van der Waals surface area contributed by atoms with Crippen LogP contribution in [0.1, 0.15) is 90.2 Å². The minimum absolute atomic E-state index is 0.120. The molecule has 2 aliphatic heterocycles. The SMILES string of the molecule is C=Cc1c2[nH]c(c1C)/C=C1\NC(=C(CCC(=O)OCC=C(C)C)[C@@H]1C)C1=c3[nH]/c(c(C)c3C(=O)[C@@H]1C(=O)OC)=C\c1[nH]c(/c(=C\O)c1CC)=C\2.